The topological polar surface area (TPSA) is 9.23 Å². The molecule has 2 aromatic rings. The van der Waals surface area contributed by atoms with E-state index in [2.05, 4.69) is 134 Å². The maximum absolute atomic E-state index is 7.68. The van der Waals surface area contributed by atoms with Crippen molar-refractivity contribution >= 4 is 63.7 Å². The van der Waals surface area contributed by atoms with Crippen LogP contribution in [0.1, 0.15) is 36.8 Å². The van der Waals surface area contributed by atoms with Crippen LogP contribution in [0.4, 0.5) is 0 Å². The van der Waals surface area contributed by atoms with Gasteiger partial charge in [0.25, 0.3) is 0 Å². The molecule has 4 rings (SSSR count). The Morgan fingerprint density at radius 3 is 1.29 bits per heavy atom. The van der Waals surface area contributed by atoms with Crippen LogP contribution in [0.2, 0.25) is 26.2 Å². The maximum atomic E-state index is 7.68. The second kappa shape index (κ2) is 12.4. The molecule has 0 unspecified atom stereocenters. The summed E-state index contributed by atoms with van der Waals surface area (Å²) in [5, 5.41) is 0. The van der Waals surface area contributed by atoms with Gasteiger partial charge in [-0.1, -0.05) is 60.7 Å². The fourth-order valence-corrected chi connectivity index (χ4v) is 27.0. The molecule has 2 heterocycles. The van der Waals surface area contributed by atoms with E-state index in [1.165, 1.54) is 59.8 Å². The first-order chi connectivity index (χ1) is 16.8. The van der Waals surface area contributed by atoms with Crippen LogP contribution in [0.5, 0.6) is 0 Å². The lowest BCUT2D eigenvalue weighted by atomic mass is 10.1. The Bertz CT molecular complexity index is 836. The lowest BCUT2D eigenvalue weighted by molar-refractivity contribution is 0.510. The Hall–Kier alpha value is 0.234. The first-order valence-electron chi connectivity index (χ1n) is 13.1. The Kier molecular flexibility index (Phi) is 10.0. The molecule has 2 fully saturated rings. The van der Waals surface area contributed by atoms with Gasteiger partial charge in [-0.3, -0.25) is 0 Å². The van der Waals surface area contributed by atoms with Gasteiger partial charge in [0.15, 0.2) is 16.6 Å². The third-order valence-electron chi connectivity index (χ3n) is 7.43. The van der Waals surface area contributed by atoms with E-state index in [1.54, 1.807) is 0 Å². The van der Waals surface area contributed by atoms with E-state index in [-0.39, 0.29) is 7.40 Å². The van der Waals surface area contributed by atoms with Gasteiger partial charge in [0.2, 0.25) is 0 Å². The minimum absolute atomic E-state index is 0.246. The van der Waals surface area contributed by atoms with Crippen molar-refractivity contribution in [1.82, 2.24) is 0 Å². The predicted molar refractivity (Wildman–Crippen MR) is 170 cm³/mol. The molecule has 0 radical (unpaired) electrons. The van der Waals surface area contributed by atoms with Crippen LogP contribution in [0.3, 0.4) is 0 Å². The first kappa shape index (κ1) is 28.2. The monoisotopic (exact) mass is 578 g/mol. The molecule has 0 atom stereocenters. The molecule has 2 aliphatic heterocycles. The van der Waals surface area contributed by atoms with Crippen LogP contribution in [-0.2, 0) is 17.0 Å². The average Bonchev–Trinajstić information content (AvgIpc) is 2.88. The molecule has 0 N–H and O–H groups in total. The summed E-state index contributed by atoms with van der Waals surface area (Å²) in [5.74, 6) is 5.14. The zero-order chi connectivity index (χ0) is 24.8. The van der Waals surface area contributed by atoms with Gasteiger partial charge in [-0.25, -0.2) is 0 Å². The SMILES string of the molecule is C[Si](C)(O[Si](C)(C)C1(CCc2ccccc2)SCCCS1)C1(CCc2ccccc2)SCCCS1. The third-order valence-corrected chi connectivity index (χ3v) is 29.4. The summed E-state index contributed by atoms with van der Waals surface area (Å²) < 4.78 is 8.17. The van der Waals surface area contributed by atoms with Crippen molar-refractivity contribution in [1.29, 1.82) is 0 Å². The molecule has 35 heavy (non-hydrogen) atoms. The van der Waals surface area contributed by atoms with E-state index in [1.807, 2.05) is 0 Å². The summed E-state index contributed by atoms with van der Waals surface area (Å²) in [7, 11) is -4.04. The fraction of sp³-hybridized carbons (Fsp3) is 0.571. The number of hydrogen-bond donors (Lipinski definition) is 0. The lowest BCUT2D eigenvalue weighted by Crippen LogP contribution is -2.64. The molecule has 7 heteroatoms. The highest BCUT2D eigenvalue weighted by molar-refractivity contribution is 8.22. The van der Waals surface area contributed by atoms with Gasteiger partial charge in [-0.05, 0) is 98.9 Å². The average molecular weight is 579 g/mol. The quantitative estimate of drug-likeness (QED) is 0.260. The zero-order valence-corrected chi connectivity index (χ0v) is 27.2. The van der Waals surface area contributed by atoms with Crippen LogP contribution >= 0.6 is 47.0 Å². The van der Waals surface area contributed by atoms with E-state index in [0.29, 0.717) is 0 Å². The number of hydrogen-bond acceptors (Lipinski definition) is 5. The van der Waals surface area contributed by atoms with Crippen LogP contribution < -0.4 is 0 Å². The summed E-state index contributed by atoms with van der Waals surface area (Å²) in [6, 6.07) is 22.2. The standard InChI is InChI=1S/C28H42OS4Si2/c1-34(2,27(30-21-11-22-31-27)19-17-25-13-7-5-8-14-25)29-35(3,4)28(32-23-12-24-33-28)20-18-26-15-9-6-10-16-26/h5-10,13-16H,11-12,17-24H2,1-4H3. The Morgan fingerprint density at radius 2 is 0.943 bits per heavy atom. The summed E-state index contributed by atoms with van der Waals surface area (Å²) >= 11 is 8.97. The molecular formula is C28H42OS4Si2. The van der Waals surface area contributed by atoms with Gasteiger partial charge < -0.3 is 4.12 Å². The second-order valence-electron chi connectivity index (χ2n) is 10.7. The van der Waals surface area contributed by atoms with E-state index in [4.69, 9.17) is 4.12 Å². The van der Waals surface area contributed by atoms with Crippen LogP contribution in [0.15, 0.2) is 60.7 Å². The van der Waals surface area contributed by atoms with Crippen molar-refractivity contribution in [2.45, 2.75) is 72.1 Å². The number of thioether (sulfide) groups is 4. The predicted octanol–water partition coefficient (Wildman–Crippen LogP) is 8.89. The molecular weight excluding hydrogens is 537 g/mol. The summed E-state index contributed by atoms with van der Waals surface area (Å²) in [6.07, 6.45) is 7.44. The van der Waals surface area contributed by atoms with Crippen molar-refractivity contribution in [2.24, 2.45) is 0 Å². The molecule has 0 aliphatic carbocycles. The highest BCUT2D eigenvalue weighted by atomic mass is 32.2. The molecule has 0 aromatic heterocycles. The Balaban J connectivity index is 1.55. The molecule has 2 aromatic carbocycles. The zero-order valence-electron chi connectivity index (χ0n) is 21.9. The fourth-order valence-electron chi connectivity index (χ4n) is 5.44. The van der Waals surface area contributed by atoms with Gasteiger partial charge >= 0.3 is 0 Å². The van der Waals surface area contributed by atoms with Crippen molar-refractivity contribution in [2.75, 3.05) is 23.0 Å². The molecule has 0 spiro atoms. The number of aryl methyl sites for hydroxylation is 2. The number of benzene rings is 2. The van der Waals surface area contributed by atoms with Gasteiger partial charge in [0, 0.05) is 0 Å². The summed E-state index contributed by atoms with van der Waals surface area (Å²) in [5.41, 5.74) is 2.94. The first-order valence-corrected chi connectivity index (χ1v) is 22.9. The van der Waals surface area contributed by atoms with E-state index >= 15 is 0 Å². The molecule has 1 nitrogen and oxygen atoms in total. The number of rotatable bonds is 10. The smallest absolute Gasteiger partial charge is 0.200 e. The normalized spacial score (nSPS) is 20.5. The maximum Gasteiger partial charge on any atom is 0.200 e. The molecule has 0 bridgehead atoms. The van der Waals surface area contributed by atoms with Gasteiger partial charge in [0.1, 0.15) is 0 Å². The minimum Gasteiger partial charge on any atom is -0.453 e. The highest BCUT2D eigenvalue weighted by Gasteiger charge is 2.58. The van der Waals surface area contributed by atoms with Crippen LogP contribution in [0.25, 0.3) is 0 Å². The third kappa shape index (κ3) is 6.82. The molecule has 192 valence electrons. The van der Waals surface area contributed by atoms with Crippen molar-refractivity contribution in [3.63, 3.8) is 0 Å². The summed E-state index contributed by atoms with van der Waals surface area (Å²) in [4.78, 5) is 0. The van der Waals surface area contributed by atoms with Gasteiger partial charge in [-0.15, -0.1) is 47.0 Å². The Labute approximate surface area is 233 Å². The van der Waals surface area contributed by atoms with Crippen LogP contribution in [-0.4, -0.2) is 47.1 Å². The van der Waals surface area contributed by atoms with E-state index in [9.17, 15) is 0 Å². The second-order valence-corrected chi connectivity index (χ2v) is 26.8. The molecule has 0 amide bonds. The molecule has 2 aliphatic rings. The largest absolute Gasteiger partial charge is 0.453 e. The summed E-state index contributed by atoms with van der Waals surface area (Å²) in [6.45, 7) is 10.2. The minimum atomic E-state index is -2.02. The van der Waals surface area contributed by atoms with E-state index in [0.717, 1.165) is 12.8 Å². The van der Waals surface area contributed by atoms with Crippen molar-refractivity contribution in [3.05, 3.63) is 71.8 Å². The van der Waals surface area contributed by atoms with Crippen molar-refractivity contribution in [3.8, 4) is 0 Å². The molecule has 0 saturated carbocycles. The lowest BCUT2D eigenvalue weighted by Gasteiger charge is -2.54. The van der Waals surface area contributed by atoms with Gasteiger partial charge in [-0.2, -0.15) is 0 Å². The van der Waals surface area contributed by atoms with Crippen molar-refractivity contribution < 1.29 is 4.12 Å². The van der Waals surface area contributed by atoms with E-state index < -0.39 is 16.6 Å². The van der Waals surface area contributed by atoms with Crippen LogP contribution in [0, 0.1) is 0 Å². The Morgan fingerprint density at radius 1 is 0.600 bits per heavy atom. The highest BCUT2D eigenvalue weighted by Crippen LogP contribution is 2.56. The molecule has 2 saturated heterocycles. The van der Waals surface area contributed by atoms with Gasteiger partial charge in [0.05, 0.1) is 7.40 Å².